The second-order valence-electron chi connectivity index (χ2n) is 3.60. The number of methoxy groups -OCH3 is 1. The number of nitriles is 1. The lowest BCUT2D eigenvalue weighted by atomic mass is 10.1. The SMILES string of the molecule is COc1ccc(C(C#N)NCCCN=[N+]=[N-])cc1. The number of hydrogen-bond acceptors (Lipinski definition) is 4. The van der Waals surface area contributed by atoms with E-state index in [1.807, 2.05) is 24.3 Å². The van der Waals surface area contributed by atoms with Gasteiger partial charge in [0.05, 0.1) is 13.2 Å². The van der Waals surface area contributed by atoms with Crippen molar-refractivity contribution >= 4 is 0 Å². The fourth-order valence-corrected chi connectivity index (χ4v) is 1.48. The number of azide groups is 1. The summed E-state index contributed by atoms with van der Waals surface area (Å²) in [5, 5.41) is 15.6. The van der Waals surface area contributed by atoms with Crippen LogP contribution in [0.3, 0.4) is 0 Å². The Labute approximate surface area is 106 Å². The average Bonchev–Trinajstić information content (AvgIpc) is 2.43. The lowest BCUT2D eigenvalue weighted by Gasteiger charge is -2.11. The summed E-state index contributed by atoms with van der Waals surface area (Å²) in [5.74, 6) is 0.763. The van der Waals surface area contributed by atoms with Gasteiger partial charge < -0.3 is 4.74 Å². The predicted octanol–water partition coefficient (Wildman–Crippen LogP) is 2.55. The summed E-state index contributed by atoms with van der Waals surface area (Å²) in [5.41, 5.74) is 9.01. The zero-order chi connectivity index (χ0) is 13.2. The van der Waals surface area contributed by atoms with Crippen molar-refractivity contribution in [3.8, 4) is 11.8 Å². The van der Waals surface area contributed by atoms with Crippen LogP contribution in [0.25, 0.3) is 10.4 Å². The highest BCUT2D eigenvalue weighted by molar-refractivity contribution is 5.31. The Morgan fingerprint density at radius 1 is 1.50 bits per heavy atom. The first kappa shape index (κ1) is 13.8. The highest BCUT2D eigenvalue weighted by Gasteiger charge is 2.08. The van der Waals surface area contributed by atoms with Crippen LogP contribution < -0.4 is 10.1 Å². The van der Waals surface area contributed by atoms with Gasteiger partial charge in [0.25, 0.3) is 0 Å². The molecular weight excluding hydrogens is 230 g/mol. The summed E-state index contributed by atoms with van der Waals surface area (Å²) in [6.07, 6.45) is 0.707. The Morgan fingerprint density at radius 3 is 2.78 bits per heavy atom. The molecule has 1 atom stereocenters. The molecule has 18 heavy (non-hydrogen) atoms. The molecule has 0 saturated carbocycles. The minimum absolute atomic E-state index is 0.359. The van der Waals surface area contributed by atoms with Crippen molar-refractivity contribution in [2.75, 3.05) is 20.2 Å². The first-order valence-corrected chi connectivity index (χ1v) is 5.59. The van der Waals surface area contributed by atoms with E-state index in [2.05, 4.69) is 21.4 Å². The summed E-state index contributed by atoms with van der Waals surface area (Å²) in [6, 6.07) is 9.18. The maximum Gasteiger partial charge on any atom is 0.121 e. The van der Waals surface area contributed by atoms with Crippen LogP contribution in [0.1, 0.15) is 18.0 Å². The quantitative estimate of drug-likeness (QED) is 0.346. The fraction of sp³-hybridized carbons (Fsp3) is 0.417. The van der Waals surface area contributed by atoms with Crippen molar-refractivity contribution in [1.29, 1.82) is 5.26 Å². The van der Waals surface area contributed by atoms with Crippen LogP contribution in [0.4, 0.5) is 0 Å². The minimum atomic E-state index is -0.359. The number of benzene rings is 1. The summed E-state index contributed by atoms with van der Waals surface area (Å²) >= 11 is 0. The van der Waals surface area contributed by atoms with Gasteiger partial charge in [-0.25, -0.2) is 0 Å². The molecule has 6 nitrogen and oxygen atoms in total. The smallest absolute Gasteiger partial charge is 0.121 e. The van der Waals surface area contributed by atoms with Gasteiger partial charge in [-0.1, -0.05) is 17.2 Å². The van der Waals surface area contributed by atoms with E-state index in [0.717, 1.165) is 11.3 Å². The van der Waals surface area contributed by atoms with Crippen LogP contribution in [0.5, 0.6) is 5.75 Å². The van der Waals surface area contributed by atoms with Gasteiger partial charge >= 0.3 is 0 Å². The molecular formula is C12H15N5O. The normalized spacial score (nSPS) is 11.1. The molecule has 0 spiro atoms. The van der Waals surface area contributed by atoms with E-state index in [4.69, 9.17) is 15.5 Å². The van der Waals surface area contributed by atoms with Gasteiger partial charge in [0.15, 0.2) is 0 Å². The molecule has 6 heteroatoms. The molecule has 0 aliphatic carbocycles. The topological polar surface area (TPSA) is 93.8 Å². The van der Waals surface area contributed by atoms with E-state index >= 15 is 0 Å². The molecule has 0 bridgehead atoms. The number of hydrogen-bond donors (Lipinski definition) is 1. The van der Waals surface area contributed by atoms with Gasteiger partial charge in [-0.2, -0.15) is 5.26 Å². The molecule has 0 amide bonds. The van der Waals surface area contributed by atoms with Crippen LogP contribution in [-0.4, -0.2) is 20.2 Å². The molecule has 0 heterocycles. The van der Waals surface area contributed by atoms with E-state index in [0.29, 0.717) is 19.5 Å². The van der Waals surface area contributed by atoms with Gasteiger partial charge in [-0.3, -0.25) is 5.32 Å². The number of rotatable bonds is 7. The maximum absolute atomic E-state index is 9.08. The molecule has 0 aromatic heterocycles. The molecule has 1 aromatic carbocycles. The number of nitrogens with one attached hydrogen (secondary N) is 1. The zero-order valence-electron chi connectivity index (χ0n) is 10.2. The maximum atomic E-state index is 9.08. The zero-order valence-corrected chi connectivity index (χ0v) is 10.2. The molecule has 1 aromatic rings. The van der Waals surface area contributed by atoms with Gasteiger partial charge in [0.1, 0.15) is 11.8 Å². The van der Waals surface area contributed by atoms with Crippen molar-refractivity contribution in [3.63, 3.8) is 0 Å². The Morgan fingerprint density at radius 2 is 2.22 bits per heavy atom. The van der Waals surface area contributed by atoms with Crippen molar-refractivity contribution in [1.82, 2.24) is 5.32 Å². The lowest BCUT2D eigenvalue weighted by molar-refractivity contribution is 0.414. The third-order valence-corrected chi connectivity index (χ3v) is 2.42. The summed E-state index contributed by atoms with van der Waals surface area (Å²) in [6.45, 7) is 1.06. The minimum Gasteiger partial charge on any atom is -0.497 e. The Hall–Kier alpha value is -2.22. The lowest BCUT2D eigenvalue weighted by Crippen LogP contribution is -2.21. The van der Waals surface area contributed by atoms with E-state index < -0.39 is 0 Å². The summed E-state index contributed by atoms with van der Waals surface area (Å²) in [7, 11) is 1.60. The van der Waals surface area contributed by atoms with Crippen LogP contribution in [0, 0.1) is 11.3 Å². The Kier molecular flexibility index (Phi) is 6.12. The first-order chi connectivity index (χ1) is 8.81. The molecule has 0 fully saturated rings. The summed E-state index contributed by atoms with van der Waals surface area (Å²) in [4.78, 5) is 2.67. The molecule has 0 radical (unpaired) electrons. The van der Waals surface area contributed by atoms with Gasteiger partial charge in [-0.15, -0.1) is 0 Å². The molecule has 1 unspecified atom stereocenters. The summed E-state index contributed by atoms with van der Waals surface area (Å²) < 4.78 is 5.06. The largest absolute Gasteiger partial charge is 0.497 e. The standard InChI is InChI=1S/C12H15N5O/c1-18-11-5-3-10(4-6-11)12(9-13)15-7-2-8-16-17-14/h3-6,12,15H,2,7-8H2,1H3. The van der Waals surface area contributed by atoms with Gasteiger partial charge in [0, 0.05) is 11.5 Å². The van der Waals surface area contributed by atoms with Crippen molar-refractivity contribution < 1.29 is 4.74 Å². The molecule has 94 valence electrons. The molecule has 0 saturated heterocycles. The van der Waals surface area contributed by atoms with Crippen LogP contribution >= 0.6 is 0 Å². The van der Waals surface area contributed by atoms with Crippen molar-refractivity contribution in [2.45, 2.75) is 12.5 Å². The van der Waals surface area contributed by atoms with Crippen LogP contribution in [0.2, 0.25) is 0 Å². The average molecular weight is 245 g/mol. The highest BCUT2D eigenvalue weighted by atomic mass is 16.5. The van der Waals surface area contributed by atoms with E-state index in [-0.39, 0.29) is 6.04 Å². The van der Waals surface area contributed by atoms with Crippen molar-refractivity contribution in [2.24, 2.45) is 5.11 Å². The van der Waals surface area contributed by atoms with Gasteiger partial charge in [0.2, 0.25) is 0 Å². The number of nitrogens with zero attached hydrogens (tertiary/aromatic N) is 4. The predicted molar refractivity (Wildman–Crippen MR) is 68.0 cm³/mol. The third kappa shape index (κ3) is 4.34. The third-order valence-electron chi connectivity index (χ3n) is 2.42. The Balaban J connectivity index is 2.49. The molecule has 0 aliphatic rings. The van der Waals surface area contributed by atoms with Crippen LogP contribution in [0.15, 0.2) is 29.4 Å². The van der Waals surface area contributed by atoms with Gasteiger partial charge in [-0.05, 0) is 36.2 Å². The Bertz CT molecular complexity index is 445. The van der Waals surface area contributed by atoms with E-state index in [1.54, 1.807) is 7.11 Å². The highest BCUT2D eigenvalue weighted by Crippen LogP contribution is 2.17. The van der Waals surface area contributed by atoms with E-state index in [1.165, 1.54) is 0 Å². The fourth-order valence-electron chi connectivity index (χ4n) is 1.48. The first-order valence-electron chi connectivity index (χ1n) is 5.59. The van der Waals surface area contributed by atoms with Crippen LogP contribution in [-0.2, 0) is 0 Å². The van der Waals surface area contributed by atoms with E-state index in [9.17, 15) is 0 Å². The molecule has 1 rings (SSSR count). The molecule has 1 N–H and O–H groups in total. The second-order valence-corrected chi connectivity index (χ2v) is 3.60. The monoisotopic (exact) mass is 245 g/mol. The number of ether oxygens (including phenoxy) is 1. The van der Waals surface area contributed by atoms with Crippen molar-refractivity contribution in [3.05, 3.63) is 40.3 Å². The second kappa shape index (κ2) is 7.96. The molecule has 0 aliphatic heterocycles.